The van der Waals surface area contributed by atoms with Crippen LogP contribution in [0.5, 0.6) is 0 Å². The predicted molar refractivity (Wildman–Crippen MR) is 92.2 cm³/mol. The second-order valence-electron chi connectivity index (χ2n) is 6.26. The van der Waals surface area contributed by atoms with Crippen LogP contribution >= 0.6 is 0 Å². The molecule has 1 amide bonds. The number of nitrogens with zero attached hydrogens (tertiary/aromatic N) is 2. The maximum Gasteiger partial charge on any atom is 0.271 e. The molecule has 0 spiro atoms. The molecule has 4 heteroatoms. The van der Waals surface area contributed by atoms with Gasteiger partial charge in [0.05, 0.1) is 12.2 Å². The lowest BCUT2D eigenvalue weighted by Gasteiger charge is -2.23. The van der Waals surface area contributed by atoms with E-state index in [1.54, 1.807) is 6.20 Å². The Kier molecular flexibility index (Phi) is 5.85. The molecule has 0 fully saturated rings. The van der Waals surface area contributed by atoms with Crippen LogP contribution in [0.15, 0.2) is 42.9 Å². The molecule has 4 nitrogen and oxygen atoms in total. The lowest BCUT2D eigenvalue weighted by molar-refractivity contribution is 0.0920. The standard InChI is InChI=1S/C19H25N3O/c1-5-14(4)15-6-8-16(9-7-15)18(13(2)3)22-19(23)17-12-20-10-11-21-17/h6-14,18H,5H2,1-4H3,(H,22,23). The van der Waals surface area contributed by atoms with E-state index in [2.05, 4.69) is 67.2 Å². The molecule has 122 valence electrons. The molecule has 1 aromatic heterocycles. The number of hydrogen-bond donors (Lipinski definition) is 1. The Labute approximate surface area is 138 Å². The molecule has 0 aliphatic rings. The highest BCUT2D eigenvalue weighted by Gasteiger charge is 2.20. The lowest BCUT2D eigenvalue weighted by Crippen LogP contribution is -2.32. The number of nitrogens with one attached hydrogen (secondary N) is 1. The summed E-state index contributed by atoms with van der Waals surface area (Å²) in [5.74, 6) is 0.642. The molecule has 0 aliphatic heterocycles. The SMILES string of the molecule is CCC(C)c1ccc(C(NC(=O)c2cnccn2)C(C)C)cc1. The number of amides is 1. The maximum absolute atomic E-state index is 12.3. The van der Waals surface area contributed by atoms with Crippen LogP contribution < -0.4 is 5.32 Å². The summed E-state index contributed by atoms with van der Waals surface area (Å²) in [6.45, 7) is 8.62. The smallest absolute Gasteiger partial charge is 0.271 e. The second-order valence-corrected chi connectivity index (χ2v) is 6.26. The molecular weight excluding hydrogens is 286 g/mol. The van der Waals surface area contributed by atoms with Gasteiger partial charge in [0.1, 0.15) is 5.69 Å². The molecule has 0 saturated carbocycles. The minimum Gasteiger partial charge on any atom is -0.344 e. The van der Waals surface area contributed by atoms with Crippen molar-refractivity contribution < 1.29 is 4.79 Å². The monoisotopic (exact) mass is 311 g/mol. The maximum atomic E-state index is 12.3. The summed E-state index contributed by atoms with van der Waals surface area (Å²) in [5, 5.41) is 3.07. The highest BCUT2D eigenvalue weighted by Crippen LogP contribution is 2.25. The first-order chi connectivity index (χ1) is 11.0. The Morgan fingerprint density at radius 3 is 2.26 bits per heavy atom. The summed E-state index contributed by atoms with van der Waals surface area (Å²) in [5.41, 5.74) is 2.79. The number of carbonyl (C=O) groups is 1. The zero-order valence-electron chi connectivity index (χ0n) is 14.3. The van der Waals surface area contributed by atoms with Crippen LogP contribution in [0, 0.1) is 5.92 Å². The molecule has 23 heavy (non-hydrogen) atoms. The molecule has 2 rings (SSSR count). The first-order valence-corrected chi connectivity index (χ1v) is 8.19. The number of benzene rings is 1. The fourth-order valence-corrected chi connectivity index (χ4v) is 2.53. The van der Waals surface area contributed by atoms with Gasteiger partial charge in [0.25, 0.3) is 5.91 Å². The van der Waals surface area contributed by atoms with Gasteiger partial charge in [0.15, 0.2) is 0 Å². The molecule has 1 N–H and O–H groups in total. The van der Waals surface area contributed by atoms with Crippen molar-refractivity contribution in [1.82, 2.24) is 15.3 Å². The summed E-state index contributed by atoms with van der Waals surface area (Å²) in [4.78, 5) is 20.3. The molecule has 2 aromatic rings. The Bertz CT molecular complexity index is 623. The average Bonchev–Trinajstić information content (AvgIpc) is 2.59. The van der Waals surface area contributed by atoms with E-state index in [-0.39, 0.29) is 17.9 Å². The molecule has 1 heterocycles. The van der Waals surface area contributed by atoms with Gasteiger partial charge in [-0.05, 0) is 29.4 Å². The third-order valence-electron chi connectivity index (χ3n) is 4.23. The lowest BCUT2D eigenvalue weighted by atomic mass is 9.92. The molecular formula is C19H25N3O. The Balaban J connectivity index is 2.17. The topological polar surface area (TPSA) is 54.9 Å². The van der Waals surface area contributed by atoms with Gasteiger partial charge in [-0.25, -0.2) is 4.98 Å². The highest BCUT2D eigenvalue weighted by molar-refractivity contribution is 5.92. The number of rotatable bonds is 6. The minimum atomic E-state index is -0.192. The van der Waals surface area contributed by atoms with Gasteiger partial charge in [-0.15, -0.1) is 0 Å². The van der Waals surface area contributed by atoms with E-state index in [9.17, 15) is 4.79 Å². The van der Waals surface area contributed by atoms with E-state index in [0.29, 0.717) is 11.6 Å². The third kappa shape index (κ3) is 4.38. The molecule has 0 aliphatic carbocycles. The van der Waals surface area contributed by atoms with Gasteiger partial charge in [-0.1, -0.05) is 52.0 Å². The van der Waals surface area contributed by atoms with E-state index in [4.69, 9.17) is 0 Å². The zero-order chi connectivity index (χ0) is 16.8. The fraction of sp³-hybridized carbons (Fsp3) is 0.421. The van der Waals surface area contributed by atoms with Gasteiger partial charge >= 0.3 is 0 Å². The van der Waals surface area contributed by atoms with Crippen molar-refractivity contribution in [3.8, 4) is 0 Å². The van der Waals surface area contributed by atoms with Gasteiger partial charge in [-0.3, -0.25) is 9.78 Å². The van der Waals surface area contributed by atoms with E-state index >= 15 is 0 Å². The number of carbonyl (C=O) groups excluding carboxylic acids is 1. The van der Waals surface area contributed by atoms with Crippen molar-refractivity contribution in [1.29, 1.82) is 0 Å². The summed E-state index contributed by atoms with van der Waals surface area (Å²) in [6, 6.07) is 8.50. The molecule has 2 unspecified atom stereocenters. The Morgan fingerprint density at radius 2 is 1.74 bits per heavy atom. The molecule has 1 aromatic carbocycles. The molecule has 0 radical (unpaired) electrons. The quantitative estimate of drug-likeness (QED) is 0.873. The normalized spacial score (nSPS) is 13.6. The van der Waals surface area contributed by atoms with E-state index in [1.807, 2.05) is 0 Å². The van der Waals surface area contributed by atoms with Gasteiger partial charge in [0.2, 0.25) is 0 Å². The third-order valence-corrected chi connectivity index (χ3v) is 4.23. The first kappa shape index (κ1) is 17.1. The fourth-order valence-electron chi connectivity index (χ4n) is 2.53. The molecule has 2 atom stereocenters. The van der Waals surface area contributed by atoms with E-state index in [0.717, 1.165) is 12.0 Å². The van der Waals surface area contributed by atoms with Crippen molar-refractivity contribution in [2.45, 2.75) is 46.1 Å². The van der Waals surface area contributed by atoms with Gasteiger partial charge in [-0.2, -0.15) is 0 Å². The van der Waals surface area contributed by atoms with Crippen LogP contribution in [0.25, 0.3) is 0 Å². The minimum absolute atomic E-state index is 0.0458. The van der Waals surface area contributed by atoms with Crippen molar-refractivity contribution in [3.63, 3.8) is 0 Å². The van der Waals surface area contributed by atoms with Gasteiger partial charge < -0.3 is 5.32 Å². The second kappa shape index (κ2) is 7.86. The Hall–Kier alpha value is -2.23. The highest BCUT2D eigenvalue weighted by atomic mass is 16.1. The summed E-state index contributed by atoms with van der Waals surface area (Å²) >= 11 is 0. The van der Waals surface area contributed by atoms with Crippen LogP contribution in [0.1, 0.15) is 67.7 Å². The largest absolute Gasteiger partial charge is 0.344 e. The summed E-state index contributed by atoms with van der Waals surface area (Å²) < 4.78 is 0. The average molecular weight is 311 g/mol. The number of aromatic nitrogens is 2. The van der Waals surface area contributed by atoms with E-state index < -0.39 is 0 Å². The van der Waals surface area contributed by atoms with Crippen LogP contribution in [0.2, 0.25) is 0 Å². The van der Waals surface area contributed by atoms with Gasteiger partial charge in [0, 0.05) is 12.4 Å². The van der Waals surface area contributed by atoms with E-state index in [1.165, 1.54) is 18.0 Å². The molecule has 0 saturated heterocycles. The molecule has 0 bridgehead atoms. The summed E-state index contributed by atoms with van der Waals surface area (Å²) in [6.07, 6.45) is 5.69. The van der Waals surface area contributed by atoms with Crippen LogP contribution in [0.4, 0.5) is 0 Å². The summed E-state index contributed by atoms with van der Waals surface area (Å²) in [7, 11) is 0. The number of hydrogen-bond acceptors (Lipinski definition) is 3. The first-order valence-electron chi connectivity index (χ1n) is 8.19. The van der Waals surface area contributed by atoms with Crippen molar-refractivity contribution >= 4 is 5.91 Å². The zero-order valence-corrected chi connectivity index (χ0v) is 14.3. The Morgan fingerprint density at radius 1 is 1.09 bits per heavy atom. The van der Waals surface area contributed by atoms with Crippen molar-refractivity contribution in [3.05, 3.63) is 59.7 Å². The van der Waals surface area contributed by atoms with Crippen molar-refractivity contribution in [2.75, 3.05) is 0 Å². The van der Waals surface area contributed by atoms with Crippen molar-refractivity contribution in [2.24, 2.45) is 5.92 Å². The van der Waals surface area contributed by atoms with Crippen LogP contribution in [-0.2, 0) is 0 Å². The van der Waals surface area contributed by atoms with Crippen LogP contribution in [0.3, 0.4) is 0 Å². The van der Waals surface area contributed by atoms with Crippen LogP contribution in [-0.4, -0.2) is 15.9 Å². The predicted octanol–water partition coefficient (Wildman–Crippen LogP) is 4.12.